The van der Waals surface area contributed by atoms with Gasteiger partial charge in [-0.1, -0.05) is 31.5 Å². The Labute approximate surface area is 114 Å². The normalized spacial score (nSPS) is 34.2. The van der Waals surface area contributed by atoms with Crippen LogP contribution >= 0.6 is 23.5 Å². The average Bonchev–Trinajstić information content (AvgIpc) is 2.95. The van der Waals surface area contributed by atoms with Gasteiger partial charge < -0.3 is 5.32 Å². The van der Waals surface area contributed by atoms with E-state index >= 15 is 0 Å². The number of rotatable bonds is 4. The molecule has 98 valence electrons. The maximum atomic E-state index is 4.84. The second-order valence-corrected chi connectivity index (χ2v) is 7.78. The molecular weight excluding hydrogens is 248 g/mol. The van der Waals surface area contributed by atoms with Crippen LogP contribution in [-0.2, 0) is 0 Å². The van der Waals surface area contributed by atoms with Gasteiger partial charge in [-0.2, -0.15) is 11.8 Å². The van der Waals surface area contributed by atoms with Crippen LogP contribution in [0, 0.1) is 0 Å². The Morgan fingerprint density at radius 2 is 2.12 bits per heavy atom. The third kappa shape index (κ3) is 3.14. The van der Waals surface area contributed by atoms with Crippen molar-refractivity contribution >= 4 is 28.7 Å². The predicted molar refractivity (Wildman–Crippen MR) is 81.3 cm³/mol. The van der Waals surface area contributed by atoms with Gasteiger partial charge in [-0.15, -0.1) is 0 Å². The molecule has 1 saturated carbocycles. The molecule has 0 aromatic rings. The van der Waals surface area contributed by atoms with Crippen molar-refractivity contribution in [3.8, 4) is 0 Å². The van der Waals surface area contributed by atoms with Gasteiger partial charge in [-0.3, -0.25) is 4.99 Å². The third-order valence-electron chi connectivity index (χ3n) is 4.18. The van der Waals surface area contributed by atoms with Crippen LogP contribution < -0.4 is 5.32 Å². The average molecular weight is 272 g/mol. The molecule has 0 aromatic carbocycles. The minimum absolute atomic E-state index is 0.270. The van der Waals surface area contributed by atoms with Gasteiger partial charge in [-0.25, -0.2) is 0 Å². The summed E-state index contributed by atoms with van der Waals surface area (Å²) in [5.41, 5.74) is 0.270. The van der Waals surface area contributed by atoms with E-state index in [4.69, 9.17) is 4.99 Å². The van der Waals surface area contributed by atoms with Gasteiger partial charge in [0.2, 0.25) is 0 Å². The minimum atomic E-state index is 0.270. The lowest BCUT2D eigenvalue weighted by Gasteiger charge is -2.25. The Morgan fingerprint density at radius 1 is 1.41 bits per heavy atom. The molecule has 17 heavy (non-hydrogen) atoms. The summed E-state index contributed by atoms with van der Waals surface area (Å²) < 4.78 is 0.445. The number of hydrogen-bond donors (Lipinski definition) is 1. The summed E-state index contributed by atoms with van der Waals surface area (Å²) in [7, 11) is 0. The van der Waals surface area contributed by atoms with Crippen LogP contribution in [0.1, 0.15) is 46.0 Å². The highest BCUT2D eigenvalue weighted by molar-refractivity contribution is 8.14. The van der Waals surface area contributed by atoms with Crippen LogP contribution in [0.15, 0.2) is 4.99 Å². The number of nitrogens with zero attached hydrogens (tertiary/aromatic N) is 1. The van der Waals surface area contributed by atoms with Crippen LogP contribution in [0.25, 0.3) is 0 Å². The molecule has 0 radical (unpaired) electrons. The zero-order valence-corrected chi connectivity index (χ0v) is 12.8. The predicted octanol–water partition coefficient (Wildman–Crippen LogP) is 3.52. The first-order valence-corrected chi connectivity index (χ1v) is 8.83. The summed E-state index contributed by atoms with van der Waals surface area (Å²) in [5.74, 6) is 1.16. The molecule has 1 unspecified atom stereocenters. The van der Waals surface area contributed by atoms with Crippen LogP contribution in [0.4, 0.5) is 0 Å². The quantitative estimate of drug-likeness (QED) is 0.847. The zero-order chi connectivity index (χ0) is 12.4. The largest absolute Gasteiger partial charge is 0.359 e. The first kappa shape index (κ1) is 13.6. The van der Waals surface area contributed by atoms with E-state index in [1.165, 1.54) is 37.3 Å². The fourth-order valence-electron chi connectivity index (χ4n) is 2.50. The molecule has 0 amide bonds. The molecule has 2 rings (SSSR count). The molecule has 4 heteroatoms. The number of amidine groups is 1. The summed E-state index contributed by atoms with van der Waals surface area (Å²) in [6.07, 6.45) is 8.89. The molecular formula is C13H24N2S2. The highest BCUT2D eigenvalue weighted by atomic mass is 32.2. The highest BCUT2D eigenvalue weighted by Crippen LogP contribution is 2.40. The van der Waals surface area contributed by atoms with Crippen molar-refractivity contribution in [1.82, 2.24) is 5.32 Å². The van der Waals surface area contributed by atoms with Gasteiger partial charge in [0.25, 0.3) is 0 Å². The Hall–Kier alpha value is 0.170. The molecule has 2 nitrogen and oxygen atoms in total. The lowest BCUT2D eigenvalue weighted by Crippen LogP contribution is -2.40. The van der Waals surface area contributed by atoms with E-state index in [-0.39, 0.29) is 5.54 Å². The maximum Gasteiger partial charge on any atom is 0.157 e. The molecule has 0 aromatic heterocycles. The summed E-state index contributed by atoms with van der Waals surface area (Å²) in [5, 5.41) is 4.76. The van der Waals surface area contributed by atoms with Crippen molar-refractivity contribution in [2.75, 3.05) is 18.6 Å². The molecule has 1 saturated heterocycles. The minimum Gasteiger partial charge on any atom is -0.359 e. The molecule has 2 fully saturated rings. The van der Waals surface area contributed by atoms with Crippen molar-refractivity contribution in [3.05, 3.63) is 0 Å². The SMILES string of the molecule is CCC1(C)CSC(=NCC2(SC)CCCC2)N1. The lowest BCUT2D eigenvalue weighted by molar-refractivity contribution is 0.465. The molecule has 0 spiro atoms. The molecule has 2 aliphatic rings. The molecule has 0 bridgehead atoms. The Kier molecular flexibility index (Phi) is 4.35. The fraction of sp³-hybridized carbons (Fsp3) is 0.923. The molecule has 1 atom stereocenters. The van der Waals surface area contributed by atoms with Crippen molar-refractivity contribution in [2.24, 2.45) is 4.99 Å². The first-order chi connectivity index (χ1) is 8.11. The van der Waals surface area contributed by atoms with Gasteiger partial charge in [0.15, 0.2) is 5.17 Å². The molecule has 1 aliphatic carbocycles. The zero-order valence-electron chi connectivity index (χ0n) is 11.2. The number of hydrogen-bond acceptors (Lipinski definition) is 3. The number of thioether (sulfide) groups is 2. The van der Waals surface area contributed by atoms with E-state index in [0.717, 1.165) is 12.3 Å². The Morgan fingerprint density at radius 3 is 2.65 bits per heavy atom. The van der Waals surface area contributed by atoms with Crippen molar-refractivity contribution in [3.63, 3.8) is 0 Å². The van der Waals surface area contributed by atoms with Gasteiger partial charge in [-0.05, 0) is 32.4 Å². The van der Waals surface area contributed by atoms with E-state index in [1.807, 2.05) is 23.5 Å². The van der Waals surface area contributed by atoms with Crippen LogP contribution in [0.3, 0.4) is 0 Å². The van der Waals surface area contributed by atoms with E-state index in [9.17, 15) is 0 Å². The smallest absolute Gasteiger partial charge is 0.157 e. The standard InChI is InChI=1S/C13H24N2S2/c1-4-12(2)10-17-11(15-12)14-9-13(16-3)7-5-6-8-13/h4-10H2,1-3H3,(H,14,15). The van der Waals surface area contributed by atoms with Gasteiger partial charge in [0.05, 0.1) is 6.54 Å². The second kappa shape index (κ2) is 5.43. The van der Waals surface area contributed by atoms with E-state index in [1.54, 1.807) is 0 Å². The molecule has 1 aliphatic heterocycles. The molecule has 1 heterocycles. The van der Waals surface area contributed by atoms with E-state index in [0.29, 0.717) is 4.75 Å². The summed E-state index contributed by atoms with van der Waals surface area (Å²) >= 11 is 3.92. The Bertz CT molecular complexity index is 298. The third-order valence-corrected chi connectivity index (χ3v) is 6.86. The van der Waals surface area contributed by atoms with Crippen molar-refractivity contribution in [1.29, 1.82) is 0 Å². The topological polar surface area (TPSA) is 24.4 Å². The van der Waals surface area contributed by atoms with Gasteiger partial charge in [0, 0.05) is 16.0 Å². The highest BCUT2D eigenvalue weighted by Gasteiger charge is 2.34. The van der Waals surface area contributed by atoms with E-state index < -0.39 is 0 Å². The lowest BCUT2D eigenvalue weighted by atomic mass is 10.0. The van der Waals surface area contributed by atoms with Crippen molar-refractivity contribution in [2.45, 2.75) is 56.2 Å². The summed E-state index contributed by atoms with van der Waals surface area (Å²) in [6, 6.07) is 0. The van der Waals surface area contributed by atoms with Crippen LogP contribution in [-0.4, -0.2) is 34.0 Å². The van der Waals surface area contributed by atoms with Crippen LogP contribution in [0.5, 0.6) is 0 Å². The van der Waals surface area contributed by atoms with Gasteiger partial charge in [0.1, 0.15) is 0 Å². The second-order valence-electron chi connectivity index (χ2n) is 5.54. The Balaban J connectivity index is 1.93. The maximum absolute atomic E-state index is 4.84. The number of nitrogens with one attached hydrogen (secondary N) is 1. The van der Waals surface area contributed by atoms with Crippen molar-refractivity contribution < 1.29 is 0 Å². The van der Waals surface area contributed by atoms with E-state index in [2.05, 4.69) is 25.4 Å². The first-order valence-electron chi connectivity index (χ1n) is 6.62. The number of aliphatic imine (C=N–C) groups is 1. The fourth-order valence-corrected chi connectivity index (χ4v) is 4.59. The van der Waals surface area contributed by atoms with Gasteiger partial charge >= 0.3 is 0 Å². The monoisotopic (exact) mass is 272 g/mol. The van der Waals surface area contributed by atoms with Crippen LogP contribution in [0.2, 0.25) is 0 Å². The summed E-state index contributed by atoms with van der Waals surface area (Å²) in [6.45, 7) is 5.54. The summed E-state index contributed by atoms with van der Waals surface area (Å²) in [4.78, 5) is 4.84. The molecule has 1 N–H and O–H groups in total.